The molecule has 23 heteroatoms. The molecule has 9 heterocycles. The van der Waals surface area contributed by atoms with Crippen molar-refractivity contribution in [3.05, 3.63) is 0 Å². The van der Waals surface area contributed by atoms with Crippen LogP contribution in [0.15, 0.2) is 30.0 Å². The third-order valence-electron chi connectivity index (χ3n) is 8.11. The molecule has 20 nitrogen and oxygen atoms in total. The standard InChI is InChI=1S/3C8H12N4.2ClHO4.Fe/c3*1-3-11-5-6-12-4-2-10-8(12)7(11)9-1;2*2-1(3,4)5;/h3*1-6H2;2*(H,2,3,4,5);/q;;;;;+2/p-2. The van der Waals surface area contributed by atoms with E-state index in [9.17, 15) is 0 Å². The smallest absolute Gasteiger partial charge is 0.350 e. The number of amidine groups is 6. The summed E-state index contributed by atoms with van der Waals surface area (Å²) in [5, 5.41) is 0. The first-order valence-electron chi connectivity index (χ1n) is 14.9. The van der Waals surface area contributed by atoms with Gasteiger partial charge in [-0.15, -0.1) is 20.5 Å². The summed E-state index contributed by atoms with van der Waals surface area (Å²) in [4.78, 5) is 40.9. The van der Waals surface area contributed by atoms with Crippen LogP contribution in [0, 0.1) is 20.5 Å². The van der Waals surface area contributed by atoms with Crippen molar-refractivity contribution in [3.63, 3.8) is 0 Å². The number of aliphatic imine (C=N–C) groups is 6. The minimum Gasteiger partial charge on any atom is -0.350 e. The van der Waals surface area contributed by atoms with Gasteiger partial charge >= 0.3 is 17.1 Å². The summed E-state index contributed by atoms with van der Waals surface area (Å²) in [6, 6.07) is 0. The van der Waals surface area contributed by atoms with Gasteiger partial charge in [-0.1, -0.05) is 0 Å². The number of rotatable bonds is 0. The van der Waals surface area contributed by atoms with E-state index in [2.05, 4.69) is 59.4 Å². The maximum atomic E-state index is 8.49. The van der Waals surface area contributed by atoms with Crippen molar-refractivity contribution in [1.82, 2.24) is 29.4 Å². The van der Waals surface area contributed by atoms with E-state index in [4.69, 9.17) is 37.3 Å². The van der Waals surface area contributed by atoms with E-state index >= 15 is 0 Å². The molecule has 0 amide bonds. The Morgan fingerprint density at radius 3 is 0.553 bits per heavy atom. The van der Waals surface area contributed by atoms with Crippen LogP contribution in [0.5, 0.6) is 0 Å². The van der Waals surface area contributed by atoms with Crippen LogP contribution in [0.2, 0.25) is 0 Å². The number of fused-ring (bicyclic) bond motifs is 9. The van der Waals surface area contributed by atoms with Gasteiger partial charge in [0, 0.05) is 78.5 Å². The summed E-state index contributed by atoms with van der Waals surface area (Å²) in [7, 11) is -9.89. The Hall–Kier alpha value is -2.40. The summed E-state index contributed by atoms with van der Waals surface area (Å²) < 4.78 is 67.9. The second-order valence-corrected chi connectivity index (χ2v) is 12.4. The second kappa shape index (κ2) is 16.3. The van der Waals surface area contributed by atoms with Gasteiger partial charge in [0.1, 0.15) is 0 Å². The Labute approximate surface area is 286 Å². The minimum atomic E-state index is -4.94. The van der Waals surface area contributed by atoms with Crippen LogP contribution in [0.4, 0.5) is 0 Å². The first-order chi connectivity index (χ1) is 21.8. The van der Waals surface area contributed by atoms with E-state index in [-0.39, 0.29) is 17.1 Å². The van der Waals surface area contributed by atoms with E-state index < -0.39 is 20.5 Å². The number of nitrogens with zero attached hydrogens (tertiary/aromatic N) is 12. The van der Waals surface area contributed by atoms with Gasteiger partial charge in [0.05, 0.1) is 39.3 Å². The van der Waals surface area contributed by atoms with Crippen LogP contribution in [0.3, 0.4) is 0 Å². The summed E-state index contributed by atoms with van der Waals surface area (Å²) >= 11 is 0. The van der Waals surface area contributed by atoms with Crippen molar-refractivity contribution >= 4 is 35.0 Å². The van der Waals surface area contributed by atoms with Crippen LogP contribution in [0.1, 0.15) is 0 Å². The summed E-state index contributed by atoms with van der Waals surface area (Å²) in [5.74, 6) is 6.91. The molecule has 0 aromatic rings. The molecular formula is C24H36Cl2FeN12O8. The Morgan fingerprint density at radius 2 is 0.426 bits per heavy atom. The van der Waals surface area contributed by atoms with Gasteiger partial charge in [-0.05, 0) is 0 Å². The Morgan fingerprint density at radius 1 is 0.298 bits per heavy atom. The number of hydrogen-bond donors (Lipinski definition) is 0. The van der Waals surface area contributed by atoms with Crippen molar-refractivity contribution in [2.45, 2.75) is 0 Å². The van der Waals surface area contributed by atoms with Crippen LogP contribution in [0.25, 0.3) is 0 Å². The fourth-order valence-electron chi connectivity index (χ4n) is 6.20. The van der Waals surface area contributed by atoms with Crippen molar-refractivity contribution in [2.24, 2.45) is 30.0 Å². The van der Waals surface area contributed by atoms with Gasteiger partial charge in [0.2, 0.25) is 0 Å². The average Bonchev–Trinajstić information content (AvgIpc) is 3.80. The van der Waals surface area contributed by atoms with Crippen LogP contribution >= 0.6 is 0 Å². The Balaban J connectivity index is 0.000000139. The third-order valence-corrected chi connectivity index (χ3v) is 8.11. The van der Waals surface area contributed by atoms with Gasteiger partial charge in [0.25, 0.3) is 0 Å². The molecule has 9 aliphatic rings. The summed E-state index contributed by atoms with van der Waals surface area (Å²) in [6.07, 6.45) is 0. The molecule has 0 radical (unpaired) electrons. The minimum absolute atomic E-state index is 0. The van der Waals surface area contributed by atoms with Gasteiger partial charge in [-0.2, -0.15) is 0 Å². The molecule has 9 aliphatic heterocycles. The second-order valence-electron chi connectivity index (χ2n) is 10.9. The predicted octanol–water partition coefficient (Wildman–Crippen LogP) is -11.2. The SMILES string of the molecule is C1CN2CCN3CCN=C3C2=N1.C1CN2CCN3CCN=C3C2=N1.C1CN2CCN3CCN=C3C2=N1.[Fe+2].[O-][Cl+3]([O-])([O-])[O-].[O-][Cl+3]([O-])([O-])[O-]. The third kappa shape index (κ3) is 10.5. The number of hydrogen-bond acceptors (Lipinski definition) is 20. The molecule has 0 N–H and O–H groups in total. The molecule has 0 saturated carbocycles. The monoisotopic (exact) mass is 746 g/mol. The molecule has 0 aliphatic carbocycles. The summed E-state index contributed by atoms with van der Waals surface area (Å²) in [5.41, 5.74) is 0. The molecule has 9 rings (SSSR count). The Kier molecular flexibility index (Phi) is 13.0. The fourth-order valence-corrected chi connectivity index (χ4v) is 6.20. The maximum absolute atomic E-state index is 8.49. The zero-order valence-electron chi connectivity index (χ0n) is 25.5. The van der Waals surface area contributed by atoms with Crippen LogP contribution in [-0.4, -0.2) is 182 Å². The topological polar surface area (TPSA) is 278 Å². The van der Waals surface area contributed by atoms with Crippen LogP contribution in [-0.2, 0) is 17.1 Å². The van der Waals surface area contributed by atoms with Crippen molar-refractivity contribution in [3.8, 4) is 0 Å². The molecule has 3 saturated heterocycles. The van der Waals surface area contributed by atoms with Gasteiger partial charge in [0.15, 0.2) is 35.0 Å². The molecule has 262 valence electrons. The molecule has 0 atom stereocenters. The normalized spacial score (nSPS) is 23.0. The molecule has 0 aromatic carbocycles. The molecule has 47 heavy (non-hydrogen) atoms. The summed E-state index contributed by atoms with van der Waals surface area (Å²) in [6.45, 7) is 19.2. The number of piperazine rings is 3. The first kappa shape index (κ1) is 37.4. The van der Waals surface area contributed by atoms with E-state index in [1.807, 2.05) is 0 Å². The van der Waals surface area contributed by atoms with Gasteiger partial charge < -0.3 is 29.4 Å². The number of halogens is 2. The molecule has 3 fully saturated rings. The van der Waals surface area contributed by atoms with Gasteiger partial charge in [-0.25, -0.2) is 37.3 Å². The molecule has 0 spiro atoms. The molecule has 0 aromatic heterocycles. The van der Waals surface area contributed by atoms with Crippen molar-refractivity contribution in [2.75, 3.05) is 118 Å². The fraction of sp³-hybridized carbons (Fsp3) is 0.750. The first-order valence-corrected chi connectivity index (χ1v) is 17.3. The maximum Gasteiger partial charge on any atom is 2.00 e. The van der Waals surface area contributed by atoms with E-state index in [0.717, 1.165) is 153 Å². The largest absolute Gasteiger partial charge is 2.00 e. The molecule has 0 unspecified atom stereocenters. The van der Waals surface area contributed by atoms with E-state index in [1.165, 1.54) is 0 Å². The zero-order valence-corrected chi connectivity index (χ0v) is 28.1. The van der Waals surface area contributed by atoms with Crippen LogP contribution < -0.4 is 37.3 Å². The van der Waals surface area contributed by atoms with E-state index in [1.54, 1.807) is 0 Å². The molecule has 0 bridgehead atoms. The molecular weight excluding hydrogens is 711 g/mol. The van der Waals surface area contributed by atoms with Crippen molar-refractivity contribution < 1.29 is 74.8 Å². The van der Waals surface area contributed by atoms with Crippen molar-refractivity contribution in [1.29, 1.82) is 0 Å². The predicted molar refractivity (Wildman–Crippen MR) is 143 cm³/mol. The quantitative estimate of drug-likeness (QED) is 0.208. The Bertz CT molecular complexity index is 1050. The van der Waals surface area contributed by atoms with Gasteiger partial charge in [-0.3, -0.25) is 30.0 Å². The van der Waals surface area contributed by atoms with E-state index in [0.29, 0.717) is 0 Å². The average molecular weight is 747 g/mol. The zero-order chi connectivity index (χ0) is 32.9.